The van der Waals surface area contributed by atoms with Crippen LogP contribution in [0, 0.1) is 11.8 Å². The summed E-state index contributed by atoms with van der Waals surface area (Å²) in [5.74, 6) is 1.06. The third-order valence-electron chi connectivity index (χ3n) is 5.94. The van der Waals surface area contributed by atoms with E-state index in [9.17, 15) is 10.2 Å². The van der Waals surface area contributed by atoms with Crippen LogP contribution >= 0.6 is 0 Å². The molecule has 0 aliphatic carbocycles. The van der Waals surface area contributed by atoms with E-state index in [0.29, 0.717) is 11.8 Å². The van der Waals surface area contributed by atoms with Crippen molar-refractivity contribution in [3.05, 3.63) is 35.4 Å². The molecule has 0 unspecified atom stereocenters. The van der Waals surface area contributed by atoms with Crippen LogP contribution in [-0.2, 0) is 13.1 Å². The molecular formula is C26H48N2O2. The zero-order chi connectivity index (χ0) is 23.3. The van der Waals surface area contributed by atoms with Crippen LogP contribution in [0.1, 0.15) is 79.4 Å². The van der Waals surface area contributed by atoms with Gasteiger partial charge >= 0.3 is 0 Å². The summed E-state index contributed by atoms with van der Waals surface area (Å²) in [6, 6.07) is 8.93. The minimum absolute atomic E-state index is 0.106. The van der Waals surface area contributed by atoms with Gasteiger partial charge in [-0.3, -0.25) is 9.80 Å². The molecule has 0 fully saturated rings. The van der Waals surface area contributed by atoms with Gasteiger partial charge < -0.3 is 10.2 Å². The van der Waals surface area contributed by atoms with E-state index >= 15 is 0 Å². The average Bonchev–Trinajstić information content (AvgIpc) is 2.55. The Bertz CT molecular complexity index is 577. The summed E-state index contributed by atoms with van der Waals surface area (Å²) in [4.78, 5) is 4.56. The van der Waals surface area contributed by atoms with E-state index < -0.39 is 11.2 Å². The summed E-state index contributed by atoms with van der Waals surface area (Å²) in [5, 5.41) is 21.4. The van der Waals surface area contributed by atoms with Crippen molar-refractivity contribution in [3.8, 4) is 0 Å². The van der Waals surface area contributed by atoms with E-state index in [2.05, 4.69) is 75.9 Å². The second-order valence-corrected chi connectivity index (χ2v) is 11.2. The van der Waals surface area contributed by atoms with Crippen molar-refractivity contribution >= 4 is 0 Å². The first-order chi connectivity index (χ1) is 13.6. The largest absolute Gasteiger partial charge is 0.389 e. The van der Waals surface area contributed by atoms with Gasteiger partial charge in [0, 0.05) is 25.2 Å². The van der Waals surface area contributed by atoms with Gasteiger partial charge in [-0.25, -0.2) is 0 Å². The van der Waals surface area contributed by atoms with E-state index in [-0.39, 0.29) is 12.1 Å². The molecule has 0 aliphatic rings. The highest BCUT2D eigenvalue weighted by molar-refractivity contribution is 5.23. The molecule has 0 aliphatic heterocycles. The SMILES string of the molecule is CC(C)C[C@H](N(C)Cc1cccc(CN(C)[C@@H](CC(C)C)C(C)(C)O)c1)C(C)(C)O. The average molecular weight is 421 g/mol. The third-order valence-corrected chi connectivity index (χ3v) is 5.94. The molecule has 0 saturated heterocycles. The molecule has 0 aromatic heterocycles. The third kappa shape index (κ3) is 9.05. The first-order valence-corrected chi connectivity index (χ1v) is 11.5. The molecule has 2 N–H and O–H groups in total. The second-order valence-electron chi connectivity index (χ2n) is 11.2. The van der Waals surface area contributed by atoms with E-state index in [1.54, 1.807) is 0 Å². The van der Waals surface area contributed by atoms with Crippen molar-refractivity contribution in [1.29, 1.82) is 0 Å². The lowest BCUT2D eigenvalue weighted by Crippen LogP contribution is -2.48. The Balaban J connectivity index is 2.94. The first-order valence-electron chi connectivity index (χ1n) is 11.5. The maximum atomic E-state index is 10.7. The zero-order valence-electron chi connectivity index (χ0n) is 21.2. The maximum Gasteiger partial charge on any atom is 0.0746 e. The summed E-state index contributed by atoms with van der Waals surface area (Å²) in [6.07, 6.45) is 1.93. The van der Waals surface area contributed by atoms with Gasteiger partial charge in [-0.2, -0.15) is 0 Å². The predicted molar refractivity (Wildman–Crippen MR) is 128 cm³/mol. The standard InChI is InChI=1S/C26H48N2O2/c1-19(2)14-23(25(5,6)29)27(9)17-21-12-11-13-22(16-21)18-28(10)24(15-20(3)4)26(7,8)30/h11-13,16,19-20,23-24,29-30H,14-15,17-18H2,1-10H3/t23-,24-/m0/s1. The summed E-state index contributed by atoms with van der Waals surface area (Å²) >= 11 is 0. The van der Waals surface area contributed by atoms with Gasteiger partial charge in [0.25, 0.3) is 0 Å². The number of benzene rings is 1. The van der Waals surface area contributed by atoms with Crippen LogP contribution < -0.4 is 0 Å². The Hall–Kier alpha value is -0.940. The van der Waals surface area contributed by atoms with E-state index in [0.717, 1.165) is 25.9 Å². The van der Waals surface area contributed by atoms with Crippen LogP contribution in [0.5, 0.6) is 0 Å². The predicted octanol–water partition coefficient (Wildman–Crippen LogP) is 4.92. The topological polar surface area (TPSA) is 46.9 Å². The summed E-state index contributed by atoms with van der Waals surface area (Å²) in [5.41, 5.74) is 1.02. The quantitative estimate of drug-likeness (QED) is 0.504. The molecular weight excluding hydrogens is 372 g/mol. The lowest BCUT2D eigenvalue weighted by molar-refractivity contribution is -0.0223. The summed E-state index contributed by atoms with van der Waals surface area (Å²) in [7, 11) is 4.22. The number of aliphatic hydroxyl groups is 2. The van der Waals surface area contributed by atoms with Crippen LogP contribution in [-0.4, -0.2) is 57.4 Å². The van der Waals surface area contributed by atoms with Crippen molar-refractivity contribution < 1.29 is 10.2 Å². The van der Waals surface area contributed by atoms with Crippen LogP contribution in [0.3, 0.4) is 0 Å². The number of rotatable bonds is 12. The molecule has 0 saturated carbocycles. The molecule has 0 heterocycles. The lowest BCUT2D eigenvalue weighted by Gasteiger charge is -2.38. The molecule has 1 aromatic carbocycles. The minimum atomic E-state index is -0.742. The molecule has 30 heavy (non-hydrogen) atoms. The Kier molecular flexibility index (Phi) is 10.0. The van der Waals surface area contributed by atoms with Crippen molar-refractivity contribution in [2.75, 3.05) is 14.1 Å². The highest BCUT2D eigenvalue weighted by Crippen LogP contribution is 2.25. The Labute approximate surface area is 186 Å². The Morgan fingerprint density at radius 1 is 0.733 bits per heavy atom. The van der Waals surface area contributed by atoms with Gasteiger partial charge in [-0.1, -0.05) is 52.0 Å². The van der Waals surface area contributed by atoms with Crippen LogP contribution in [0.25, 0.3) is 0 Å². The molecule has 4 nitrogen and oxygen atoms in total. The zero-order valence-corrected chi connectivity index (χ0v) is 21.2. The fraction of sp³-hybridized carbons (Fsp3) is 0.769. The van der Waals surface area contributed by atoms with Gasteiger partial charge in [-0.15, -0.1) is 0 Å². The van der Waals surface area contributed by atoms with Gasteiger partial charge in [-0.05, 0) is 77.6 Å². The van der Waals surface area contributed by atoms with E-state index in [4.69, 9.17) is 0 Å². The Morgan fingerprint density at radius 3 is 1.33 bits per heavy atom. The van der Waals surface area contributed by atoms with Crippen LogP contribution in [0.4, 0.5) is 0 Å². The van der Waals surface area contributed by atoms with Gasteiger partial charge in [0.2, 0.25) is 0 Å². The van der Waals surface area contributed by atoms with Crippen molar-refractivity contribution in [2.45, 2.75) is 105 Å². The van der Waals surface area contributed by atoms with Gasteiger partial charge in [0.05, 0.1) is 11.2 Å². The highest BCUT2D eigenvalue weighted by atomic mass is 16.3. The van der Waals surface area contributed by atoms with Gasteiger partial charge in [0.1, 0.15) is 0 Å². The molecule has 4 heteroatoms. The molecule has 0 radical (unpaired) electrons. The molecule has 0 spiro atoms. The summed E-state index contributed by atoms with van der Waals surface area (Å²) in [6.45, 7) is 18.1. The monoisotopic (exact) mass is 420 g/mol. The molecule has 1 rings (SSSR count). The smallest absolute Gasteiger partial charge is 0.0746 e. The number of hydrogen-bond acceptors (Lipinski definition) is 4. The molecule has 0 bridgehead atoms. The van der Waals surface area contributed by atoms with Crippen molar-refractivity contribution in [3.63, 3.8) is 0 Å². The molecule has 0 amide bonds. The number of nitrogens with zero attached hydrogens (tertiary/aromatic N) is 2. The van der Waals surface area contributed by atoms with Crippen LogP contribution in [0.2, 0.25) is 0 Å². The van der Waals surface area contributed by atoms with Gasteiger partial charge in [0.15, 0.2) is 0 Å². The highest BCUT2D eigenvalue weighted by Gasteiger charge is 2.32. The van der Waals surface area contributed by atoms with E-state index in [1.165, 1.54) is 11.1 Å². The fourth-order valence-electron chi connectivity index (χ4n) is 4.53. The van der Waals surface area contributed by atoms with Crippen molar-refractivity contribution in [2.24, 2.45) is 11.8 Å². The minimum Gasteiger partial charge on any atom is -0.389 e. The van der Waals surface area contributed by atoms with Crippen molar-refractivity contribution in [1.82, 2.24) is 9.80 Å². The van der Waals surface area contributed by atoms with E-state index in [1.807, 2.05) is 27.7 Å². The maximum absolute atomic E-state index is 10.7. The second kappa shape index (κ2) is 11.1. The number of likely N-dealkylation sites (N-methyl/N-ethyl adjacent to an activating group) is 2. The first kappa shape index (κ1) is 27.1. The normalized spacial score (nSPS) is 15.5. The lowest BCUT2D eigenvalue weighted by atomic mass is 9.89. The fourth-order valence-corrected chi connectivity index (χ4v) is 4.53. The molecule has 174 valence electrons. The summed E-state index contributed by atoms with van der Waals surface area (Å²) < 4.78 is 0. The molecule has 1 aromatic rings. The number of hydrogen-bond donors (Lipinski definition) is 2. The molecule has 2 atom stereocenters. The van der Waals surface area contributed by atoms with Crippen LogP contribution in [0.15, 0.2) is 24.3 Å². The Morgan fingerprint density at radius 2 is 1.07 bits per heavy atom.